The van der Waals surface area contributed by atoms with Crippen LogP contribution in [0.5, 0.6) is 5.75 Å². The second kappa shape index (κ2) is 17.6. The number of nitrogens with one attached hydrogen (secondary N) is 1. The van der Waals surface area contributed by atoms with Crippen LogP contribution in [-0.4, -0.2) is 106 Å². The first-order valence-corrected chi connectivity index (χ1v) is 22.6. The molecule has 4 atom stereocenters. The average molecular weight is 847 g/mol. The van der Waals surface area contributed by atoms with Gasteiger partial charge in [-0.15, -0.1) is 0 Å². The highest BCUT2D eigenvalue weighted by atomic mass is 31.2. The van der Waals surface area contributed by atoms with Gasteiger partial charge in [-0.3, -0.25) is 14.2 Å². The van der Waals surface area contributed by atoms with Crippen LogP contribution in [0.4, 0.5) is 20.6 Å². The van der Waals surface area contributed by atoms with Crippen LogP contribution in [0.15, 0.2) is 41.3 Å². The van der Waals surface area contributed by atoms with Gasteiger partial charge in [0.15, 0.2) is 18.2 Å². The summed E-state index contributed by atoms with van der Waals surface area (Å²) in [6.45, 7) is 8.00. The first-order valence-electron chi connectivity index (χ1n) is 19.3. The maximum Gasteiger partial charge on any atom is 0.410 e. The summed E-state index contributed by atoms with van der Waals surface area (Å²) in [4.78, 5) is 57.0. The lowest BCUT2D eigenvalue weighted by Gasteiger charge is -2.37. The third-order valence-corrected chi connectivity index (χ3v) is 16.2. The van der Waals surface area contributed by atoms with Gasteiger partial charge in [-0.25, -0.2) is 14.0 Å². The number of hydrogen-bond donors (Lipinski definition) is 1. The number of amides is 2. The molecule has 6 rings (SSSR count). The van der Waals surface area contributed by atoms with E-state index >= 15 is 4.39 Å². The molecule has 316 valence electrons. The molecule has 0 spiro atoms. The number of carbonyl (C=O) groups excluding carboxylic acids is 3. The number of esters is 1. The molecule has 0 bridgehead atoms. The summed E-state index contributed by atoms with van der Waals surface area (Å²) < 4.78 is 64.1. The maximum absolute atomic E-state index is 16.3. The minimum atomic E-state index is -3.44. The predicted octanol–water partition coefficient (Wildman–Crippen LogP) is 7.14. The van der Waals surface area contributed by atoms with Crippen molar-refractivity contribution in [1.82, 2.24) is 9.47 Å². The van der Waals surface area contributed by atoms with E-state index in [2.05, 4.69) is 5.32 Å². The first kappa shape index (κ1) is 43.5. The normalized spacial score (nSPS) is 19.4. The quantitative estimate of drug-likeness (QED) is 0.129. The van der Waals surface area contributed by atoms with Crippen LogP contribution in [0, 0.1) is 11.7 Å². The van der Waals surface area contributed by atoms with Crippen LogP contribution in [-0.2, 0) is 38.8 Å². The zero-order valence-corrected chi connectivity index (χ0v) is 36.0. The fourth-order valence-corrected chi connectivity index (χ4v) is 12.1. The summed E-state index contributed by atoms with van der Waals surface area (Å²) in [6.07, 6.45) is 4.56. The molecule has 3 aliphatic rings. The number of pyridine rings is 1. The average Bonchev–Trinajstić information content (AvgIpc) is 3.95. The largest absolute Gasteiger partial charge is 0.492 e. The number of hydrogen-bond acceptors (Lipinski definition) is 12. The Morgan fingerprint density at radius 1 is 1.03 bits per heavy atom. The Balaban J connectivity index is 1.18. The Morgan fingerprint density at radius 2 is 1.72 bits per heavy atom. The van der Waals surface area contributed by atoms with E-state index in [1.807, 2.05) is 32.3 Å². The van der Waals surface area contributed by atoms with Gasteiger partial charge in [0, 0.05) is 67.0 Å². The van der Waals surface area contributed by atoms with E-state index in [9.17, 15) is 23.7 Å². The molecular weight excluding hydrogens is 793 g/mol. The molecule has 2 amide bonds. The zero-order chi connectivity index (χ0) is 42.1. The predicted molar refractivity (Wildman–Crippen MR) is 219 cm³/mol. The third kappa shape index (κ3) is 9.21. The molecule has 18 heteroatoms. The number of methoxy groups -OCH3 is 1. The van der Waals surface area contributed by atoms with Gasteiger partial charge < -0.3 is 47.5 Å². The number of fused-ring (bicyclic) bond motifs is 2. The molecule has 2 aromatic carbocycles. The number of ether oxygens (including phenoxy) is 3. The Morgan fingerprint density at radius 3 is 2.33 bits per heavy atom. The molecule has 3 heterocycles. The Hall–Kier alpha value is -4.07. The van der Waals surface area contributed by atoms with Crippen molar-refractivity contribution in [3.8, 4) is 5.75 Å². The standard InChI is InChI=1S/C40H53FN4O11P2/c1-40(2,3)56-39(49)44-17-9-10-25-20-43(22-31(25)44)35-30(41)19-28-34(37(35)51-4)45(27-15-16-27)21-29(36(28)47)38(48)55-23-32(46)42-26-13-11-24(12-14-26)18-33(57(8)52-5)58(50,53-6)54-7/h11-14,19,21,25,27,31,33H,9-10,15-18,20,22-23H2,1-8H3,(H,42,46)/t25-,31+,33?,57?/m0/s1. The fourth-order valence-electron chi connectivity index (χ4n) is 7.85. The van der Waals surface area contributed by atoms with Crippen LogP contribution in [0.25, 0.3) is 10.9 Å². The summed E-state index contributed by atoms with van der Waals surface area (Å²) in [5.41, 5.74) is 0.0325. The lowest BCUT2D eigenvalue weighted by molar-refractivity contribution is -0.119. The number of nitrogens with zero attached hydrogens (tertiary/aromatic N) is 3. The van der Waals surface area contributed by atoms with Crippen LogP contribution in [0.2, 0.25) is 0 Å². The fraction of sp³-hybridized carbons (Fsp3) is 0.550. The van der Waals surface area contributed by atoms with Gasteiger partial charge in [-0.2, -0.15) is 0 Å². The smallest absolute Gasteiger partial charge is 0.410 e. The summed E-state index contributed by atoms with van der Waals surface area (Å²) in [5, 5.41) is 2.10. The van der Waals surface area contributed by atoms with Gasteiger partial charge in [-0.05, 0) is 89.2 Å². The van der Waals surface area contributed by atoms with E-state index < -0.39 is 62.6 Å². The molecule has 58 heavy (non-hydrogen) atoms. The lowest BCUT2D eigenvalue weighted by Crippen LogP contribution is -2.50. The van der Waals surface area contributed by atoms with Crippen molar-refractivity contribution in [3.05, 3.63) is 63.7 Å². The van der Waals surface area contributed by atoms with Gasteiger partial charge in [-0.1, -0.05) is 12.1 Å². The number of anilines is 2. The Kier molecular flexibility index (Phi) is 13.2. The number of piperidine rings is 1. The van der Waals surface area contributed by atoms with Gasteiger partial charge in [0.1, 0.15) is 22.3 Å². The highest BCUT2D eigenvalue weighted by Gasteiger charge is 2.44. The molecule has 1 N–H and O–H groups in total. The molecule has 2 saturated heterocycles. The van der Waals surface area contributed by atoms with Crippen molar-refractivity contribution in [2.24, 2.45) is 5.92 Å². The number of carbonyl (C=O) groups is 3. The second-order valence-electron chi connectivity index (χ2n) is 15.8. The van der Waals surface area contributed by atoms with Gasteiger partial charge in [0.25, 0.3) is 5.91 Å². The third-order valence-electron chi connectivity index (χ3n) is 10.9. The van der Waals surface area contributed by atoms with Crippen molar-refractivity contribution < 1.29 is 51.1 Å². The number of halogens is 1. The highest BCUT2D eigenvalue weighted by molar-refractivity contribution is 7.71. The number of rotatable bonds is 14. The summed E-state index contributed by atoms with van der Waals surface area (Å²) in [7, 11) is 1.05. The summed E-state index contributed by atoms with van der Waals surface area (Å²) >= 11 is 0. The molecular formula is C40H53FN4O11P2. The zero-order valence-electron chi connectivity index (χ0n) is 34.2. The monoisotopic (exact) mass is 846 g/mol. The van der Waals surface area contributed by atoms with Crippen LogP contribution < -0.4 is 20.4 Å². The van der Waals surface area contributed by atoms with E-state index in [-0.39, 0.29) is 40.4 Å². The SMILES string of the molecule is COc1c(N2C[C@@H]3CCCN(C(=O)OC(C)(C)C)[C@@H]3C2)c(F)cc2c(=O)c(C(=O)OCC(=O)Nc3ccc(CC(P(C)OC)P(=O)(OC)OC)cc3)cn(C3CC3)c12. The van der Waals surface area contributed by atoms with Crippen molar-refractivity contribution in [2.75, 3.05) is 71.6 Å². The number of aromatic nitrogens is 1. The number of benzene rings is 2. The van der Waals surface area contributed by atoms with Gasteiger partial charge >= 0.3 is 19.7 Å². The van der Waals surface area contributed by atoms with Crippen molar-refractivity contribution in [3.63, 3.8) is 0 Å². The molecule has 2 unspecified atom stereocenters. The second-order valence-corrected chi connectivity index (χ2v) is 20.8. The minimum absolute atomic E-state index is 0.0493. The van der Waals surface area contributed by atoms with Gasteiger partial charge in [0.05, 0.1) is 24.1 Å². The van der Waals surface area contributed by atoms with Crippen LogP contribution in [0.1, 0.15) is 68.4 Å². The molecule has 0 radical (unpaired) electrons. The Labute approximate surface area is 338 Å². The lowest BCUT2D eigenvalue weighted by atomic mass is 9.92. The van der Waals surface area contributed by atoms with E-state index in [0.29, 0.717) is 37.3 Å². The molecule has 15 nitrogen and oxygen atoms in total. The van der Waals surface area contributed by atoms with E-state index in [4.69, 9.17) is 27.8 Å². The molecule has 2 aliphatic heterocycles. The molecule has 3 aromatic rings. The maximum atomic E-state index is 16.3. The van der Waals surface area contributed by atoms with Crippen molar-refractivity contribution in [2.45, 2.75) is 76.0 Å². The van der Waals surface area contributed by atoms with Gasteiger partial charge in [0.2, 0.25) is 5.43 Å². The van der Waals surface area contributed by atoms with E-state index in [1.165, 1.54) is 27.5 Å². The Bertz CT molecular complexity index is 2130. The summed E-state index contributed by atoms with van der Waals surface area (Å²) in [6, 6.07) is 7.70. The molecule has 1 saturated carbocycles. The minimum Gasteiger partial charge on any atom is -0.492 e. The topological polar surface area (TPSA) is 164 Å². The van der Waals surface area contributed by atoms with Crippen LogP contribution >= 0.6 is 15.7 Å². The van der Waals surface area contributed by atoms with E-state index in [1.54, 1.807) is 40.8 Å². The highest BCUT2D eigenvalue weighted by Crippen LogP contribution is 2.64. The van der Waals surface area contributed by atoms with Crippen molar-refractivity contribution >= 4 is 56.0 Å². The molecule has 3 fully saturated rings. The summed E-state index contributed by atoms with van der Waals surface area (Å²) in [5.74, 6) is -2.11. The molecule has 1 aliphatic carbocycles. The first-order chi connectivity index (χ1) is 27.5. The van der Waals surface area contributed by atoms with Crippen molar-refractivity contribution in [1.29, 1.82) is 0 Å². The number of likely N-dealkylation sites (tertiary alicyclic amines) is 1. The van der Waals surface area contributed by atoms with E-state index in [0.717, 1.165) is 37.3 Å². The molecule has 1 aromatic heterocycles. The van der Waals surface area contributed by atoms with Crippen LogP contribution in [0.3, 0.4) is 0 Å².